The van der Waals surface area contributed by atoms with E-state index in [0.717, 1.165) is 0 Å². The van der Waals surface area contributed by atoms with Crippen LogP contribution in [0.4, 0.5) is 0 Å². The highest BCUT2D eigenvalue weighted by atomic mass is 16.7. The molecule has 16 heavy (non-hydrogen) atoms. The molecule has 0 spiro atoms. The second kappa shape index (κ2) is 4.40. The van der Waals surface area contributed by atoms with Gasteiger partial charge in [-0.3, -0.25) is 4.79 Å². The van der Waals surface area contributed by atoms with E-state index in [0.29, 0.717) is 29.4 Å². The van der Waals surface area contributed by atoms with Crippen molar-refractivity contribution in [2.24, 2.45) is 5.73 Å². The molecule has 0 aliphatic carbocycles. The summed E-state index contributed by atoms with van der Waals surface area (Å²) < 4.78 is 15.6. The Balaban J connectivity index is 2.47. The van der Waals surface area contributed by atoms with Crippen LogP contribution in [0, 0.1) is 0 Å². The topological polar surface area (TPSA) is 70.8 Å². The van der Waals surface area contributed by atoms with Crippen molar-refractivity contribution in [2.45, 2.75) is 6.42 Å². The van der Waals surface area contributed by atoms with Crippen LogP contribution in [-0.2, 0) is 0 Å². The Morgan fingerprint density at radius 2 is 2.31 bits per heavy atom. The number of rotatable bonds is 4. The molecule has 1 heterocycles. The van der Waals surface area contributed by atoms with Gasteiger partial charge in [0.05, 0.1) is 7.11 Å². The minimum absolute atomic E-state index is 0.0956. The number of fused-ring (bicyclic) bond motifs is 1. The van der Waals surface area contributed by atoms with Gasteiger partial charge in [0.25, 0.3) is 0 Å². The van der Waals surface area contributed by atoms with E-state index >= 15 is 0 Å². The number of benzene rings is 1. The lowest BCUT2D eigenvalue weighted by molar-refractivity contribution is 0.0977. The summed E-state index contributed by atoms with van der Waals surface area (Å²) in [6.45, 7) is 0.428. The molecule has 0 atom stereocenters. The molecular formula is C11H13NO4. The van der Waals surface area contributed by atoms with Crippen molar-refractivity contribution >= 4 is 5.78 Å². The highest BCUT2D eigenvalue weighted by Crippen LogP contribution is 2.41. The van der Waals surface area contributed by atoms with Crippen molar-refractivity contribution in [1.29, 1.82) is 0 Å². The van der Waals surface area contributed by atoms with E-state index in [1.54, 1.807) is 12.1 Å². The maximum Gasteiger partial charge on any atom is 0.231 e. The number of ether oxygens (including phenoxy) is 3. The number of nitrogens with two attached hydrogens (primary N) is 1. The highest BCUT2D eigenvalue weighted by molar-refractivity contribution is 6.02. The Labute approximate surface area is 93.1 Å². The average molecular weight is 223 g/mol. The van der Waals surface area contributed by atoms with Crippen molar-refractivity contribution in [1.82, 2.24) is 0 Å². The number of carbonyl (C=O) groups is 1. The molecule has 1 aromatic carbocycles. The van der Waals surface area contributed by atoms with Gasteiger partial charge in [0.15, 0.2) is 17.3 Å². The van der Waals surface area contributed by atoms with Crippen molar-refractivity contribution in [2.75, 3.05) is 20.4 Å². The van der Waals surface area contributed by atoms with Crippen LogP contribution in [0.1, 0.15) is 16.8 Å². The Bertz CT molecular complexity index is 417. The Morgan fingerprint density at radius 1 is 1.50 bits per heavy atom. The van der Waals surface area contributed by atoms with Crippen LogP contribution in [-0.4, -0.2) is 26.2 Å². The molecular weight excluding hydrogens is 210 g/mol. The predicted octanol–water partition coefficient (Wildman–Crippen LogP) is 0.955. The first kappa shape index (κ1) is 10.8. The van der Waals surface area contributed by atoms with E-state index < -0.39 is 0 Å². The van der Waals surface area contributed by atoms with Crippen LogP contribution in [0.25, 0.3) is 0 Å². The molecule has 1 aliphatic rings. The van der Waals surface area contributed by atoms with Gasteiger partial charge >= 0.3 is 0 Å². The lowest BCUT2D eigenvalue weighted by atomic mass is 10.1. The number of hydrogen-bond donors (Lipinski definition) is 1. The van der Waals surface area contributed by atoms with E-state index in [-0.39, 0.29) is 19.0 Å². The zero-order valence-electron chi connectivity index (χ0n) is 8.99. The first-order chi connectivity index (χ1) is 7.77. The molecule has 1 aromatic rings. The fourth-order valence-electron chi connectivity index (χ4n) is 1.64. The van der Waals surface area contributed by atoms with Crippen molar-refractivity contribution in [3.8, 4) is 17.2 Å². The minimum atomic E-state index is -0.0956. The molecule has 2 N–H and O–H groups in total. The normalized spacial score (nSPS) is 12.6. The molecule has 0 aromatic heterocycles. The molecule has 5 heteroatoms. The number of carbonyl (C=O) groups excluding carboxylic acids is 1. The first-order valence-corrected chi connectivity index (χ1v) is 4.97. The van der Waals surface area contributed by atoms with Gasteiger partial charge < -0.3 is 19.9 Å². The van der Waals surface area contributed by atoms with Gasteiger partial charge in [0, 0.05) is 6.42 Å². The molecule has 0 fully saturated rings. The van der Waals surface area contributed by atoms with Gasteiger partial charge in [-0.05, 0) is 18.7 Å². The summed E-state index contributed by atoms with van der Waals surface area (Å²) in [5, 5.41) is 0. The third-order valence-corrected chi connectivity index (χ3v) is 2.37. The Hall–Kier alpha value is -1.75. The van der Waals surface area contributed by atoms with Gasteiger partial charge in [0.2, 0.25) is 6.79 Å². The van der Waals surface area contributed by atoms with Gasteiger partial charge in [-0.25, -0.2) is 0 Å². The molecule has 86 valence electrons. The van der Waals surface area contributed by atoms with E-state index in [1.165, 1.54) is 7.11 Å². The summed E-state index contributed by atoms with van der Waals surface area (Å²) in [5.41, 5.74) is 5.79. The molecule has 1 aliphatic heterocycles. The largest absolute Gasteiger partial charge is 0.496 e. The summed E-state index contributed by atoms with van der Waals surface area (Å²) in [7, 11) is 1.51. The third kappa shape index (κ3) is 1.69. The van der Waals surface area contributed by atoms with Crippen molar-refractivity contribution < 1.29 is 19.0 Å². The second-order valence-electron chi connectivity index (χ2n) is 3.34. The summed E-state index contributed by atoms with van der Waals surface area (Å²) in [6.07, 6.45) is 0.260. The van der Waals surface area contributed by atoms with E-state index in [4.69, 9.17) is 19.9 Å². The molecule has 0 saturated carbocycles. The number of ketones is 1. The molecule has 0 saturated heterocycles. The Morgan fingerprint density at radius 3 is 3.00 bits per heavy atom. The summed E-state index contributed by atoms with van der Waals surface area (Å²) in [6, 6.07) is 3.41. The van der Waals surface area contributed by atoms with Crippen LogP contribution in [0.2, 0.25) is 0 Å². The molecule has 2 rings (SSSR count). The molecule has 0 unspecified atom stereocenters. The van der Waals surface area contributed by atoms with Gasteiger partial charge in [0.1, 0.15) is 11.3 Å². The third-order valence-electron chi connectivity index (χ3n) is 2.37. The first-order valence-electron chi connectivity index (χ1n) is 4.97. The molecule has 5 nitrogen and oxygen atoms in total. The van der Waals surface area contributed by atoms with Gasteiger partial charge in [-0.1, -0.05) is 0 Å². The smallest absolute Gasteiger partial charge is 0.231 e. The number of methoxy groups -OCH3 is 1. The van der Waals surface area contributed by atoms with Gasteiger partial charge in [-0.15, -0.1) is 0 Å². The predicted molar refractivity (Wildman–Crippen MR) is 57.1 cm³/mol. The van der Waals surface area contributed by atoms with Crippen molar-refractivity contribution in [3.05, 3.63) is 17.7 Å². The van der Waals surface area contributed by atoms with Crippen LogP contribution in [0.15, 0.2) is 12.1 Å². The lowest BCUT2D eigenvalue weighted by Gasteiger charge is -2.09. The lowest BCUT2D eigenvalue weighted by Crippen LogP contribution is -2.10. The molecule has 0 amide bonds. The molecule has 0 radical (unpaired) electrons. The fraction of sp³-hybridized carbons (Fsp3) is 0.364. The zero-order chi connectivity index (χ0) is 11.5. The quantitative estimate of drug-likeness (QED) is 0.770. The second-order valence-corrected chi connectivity index (χ2v) is 3.34. The number of Topliss-reactive ketones (excluding diaryl/α,β-unsaturated/α-hetero) is 1. The zero-order valence-corrected chi connectivity index (χ0v) is 8.99. The Kier molecular flexibility index (Phi) is 2.96. The van der Waals surface area contributed by atoms with Crippen LogP contribution in [0.3, 0.4) is 0 Å². The maximum absolute atomic E-state index is 11.9. The fourth-order valence-corrected chi connectivity index (χ4v) is 1.64. The average Bonchev–Trinajstić information content (AvgIpc) is 2.75. The highest BCUT2D eigenvalue weighted by Gasteiger charge is 2.25. The SMILES string of the molecule is COc1ccc2c(c1C(=O)CCN)OCO2. The van der Waals surface area contributed by atoms with Gasteiger partial charge in [-0.2, -0.15) is 0 Å². The minimum Gasteiger partial charge on any atom is -0.496 e. The monoisotopic (exact) mass is 223 g/mol. The number of hydrogen-bond acceptors (Lipinski definition) is 5. The van der Waals surface area contributed by atoms with Crippen molar-refractivity contribution in [3.63, 3.8) is 0 Å². The molecule has 0 bridgehead atoms. The summed E-state index contributed by atoms with van der Waals surface area (Å²) in [5.74, 6) is 1.42. The summed E-state index contributed by atoms with van der Waals surface area (Å²) >= 11 is 0. The van der Waals surface area contributed by atoms with E-state index in [9.17, 15) is 4.79 Å². The van der Waals surface area contributed by atoms with Crippen LogP contribution < -0.4 is 19.9 Å². The summed E-state index contributed by atoms with van der Waals surface area (Å²) in [4.78, 5) is 11.9. The standard InChI is InChI=1S/C11H13NO4/c1-14-8-2-3-9-11(16-6-15-9)10(8)7(13)4-5-12/h2-3H,4-6,12H2,1H3. The van der Waals surface area contributed by atoms with Crippen LogP contribution >= 0.6 is 0 Å². The van der Waals surface area contributed by atoms with E-state index in [2.05, 4.69) is 0 Å². The maximum atomic E-state index is 11.9. The van der Waals surface area contributed by atoms with E-state index in [1.807, 2.05) is 0 Å². The van der Waals surface area contributed by atoms with Crippen LogP contribution in [0.5, 0.6) is 17.2 Å².